The maximum Gasteiger partial charge on any atom is 0.271 e. The Morgan fingerprint density at radius 1 is 1.03 bits per heavy atom. The summed E-state index contributed by atoms with van der Waals surface area (Å²) in [7, 11) is -3.50. The Hall–Kier alpha value is -3.17. The van der Waals surface area contributed by atoms with Gasteiger partial charge in [0, 0.05) is 18.7 Å². The number of nitrogens with zero attached hydrogens (tertiary/aromatic N) is 4. The topological polar surface area (TPSA) is 105 Å². The summed E-state index contributed by atoms with van der Waals surface area (Å²) in [5, 5.41) is 3.91. The van der Waals surface area contributed by atoms with Crippen molar-refractivity contribution < 1.29 is 13.2 Å². The predicted octanol–water partition coefficient (Wildman–Crippen LogP) is 2.18. The van der Waals surface area contributed by atoms with Gasteiger partial charge in [0.25, 0.3) is 5.91 Å². The monoisotopic (exact) mass is 409 g/mol. The van der Waals surface area contributed by atoms with Crippen LogP contribution in [-0.4, -0.2) is 47.9 Å². The van der Waals surface area contributed by atoms with E-state index in [0.717, 1.165) is 23.9 Å². The minimum Gasteiger partial charge on any atom is -0.267 e. The third kappa shape index (κ3) is 4.15. The molecule has 8 nitrogen and oxygen atoms in total. The zero-order valence-corrected chi connectivity index (χ0v) is 16.3. The number of nitrogens with one attached hydrogen (secondary N) is 1. The van der Waals surface area contributed by atoms with E-state index in [1.54, 1.807) is 6.20 Å². The van der Waals surface area contributed by atoms with E-state index in [0.29, 0.717) is 24.3 Å². The van der Waals surface area contributed by atoms with E-state index >= 15 is 0 Å². The highest BCUT2D eigenvalue weighted by atomic mass is 32.2. The van der Waals surface area contributed by atoms with Crippen molar-refractivity contribution in [1.29, 1.82) is 0 Å². The van der Waals surface area contributed by atoms with Crippen molar-refractivity contribution in [2.45, 2.75) is 17.7 Å². The summed E-state index contributed by atoms with van der Waals surface area (Å²) in [6, 6.07) is 13.3. The first-order valence-electron chi connectivity index (χ1n) is 9.19. The van der Waals surface area contributed by atoms with Gasteiger partial charge < -0.3 is 0 Å². The maximum atomic E-state index is 12.5. The van der Waals surface area contributed by atoms with Crippen LogP contribution in [0.25, 0.3) is 11.0 Å². The number of sulfonamides is 1. The summed E-state index contributed by atoms with van der Waals surface area (Å²) in [6.45, 7) is 1.08. The van der Waals surface area contributed by atoms with Crippen molar-refractivity contribution in [2.75, 3.05) is 13.1 Å². The smallest absolute Gasteiger partial charge is 0.267 e. The van der Waals surface area contributed by atoms with Crippen LogP contribution in [0.4, 0.5) is 0 Å². The second-order valence-electron chi connectivity index (χ2n) is 6.62. The molecule has 1 aromatic heterocycles. The lowest BCUT2D eigenvalue weighted by molar-refractivity contribution is 0.0955. The minimum atomic E-state index is -3.50. The molecule has 1 fully saturated rings. The lowest BCUT2D eigenvalue weighted by atomic mass is 10.2. The number of amides is 1. The number of rotatable bonds is 5. The molecule has 1 aliphatic heterocycles. The van der Waals surface area contributed by atoms with Gasteiger partial charge in [0.05, 0.1) is 28.3 Å². The van der Waals surface area contributed by atoms with Crippen LogP contribution in [0.15, 0.2) is 64.7 Å². The molecular weight excluding hydrogens is 390 g/mol. The van der Waals surface area contributed by atoms with E-state index in [1.165, 1.54) is 34.8 Å². The average molecular weight is 409 g/mol. The standard InChI is InChI=1S/C20H19N5O3S/c26-20(24-22-14-16-13-21-18-5-1-2-6-19(18)23-16)15-7-9-17(10-8-15)29(27,28)25-11-3-4-12-25/h1-2,5-10,13-14H,3-4,11-12H2,(H,24,26)/b22-14-. The fourth-order valence-corrected chi connectivity index (χ4v) is 4.63. The Morgan fingerprint density at radius 3 is 2.45 bits per heavy atom. The van der Waals surface area contributed by atoms with Crippen molar-refractivity contribution in [3.8, 4) is 0 Å². The number of hydrogen-bond donors (Lipinski definition) is 1. The molecule has 0 unspecified atom stereocenters. The third-order valence-electron chi connectivity index (χ3n) is 4.65. The van der Waals surface area contributed by atoms with Crippen LogP contribution in [0.3, 0.4) is 0 Å². The van der Waals surface area contributed by atoms with E-state index in [1.807, 2.05) is 24.3 Å². The molecule has 9 heteroatoms. The summed E-state index contributed by atoms with van der Waals surface area (Å²) in [5.41, 5.74) is 4.74. The molecule has 148 valence electrons. The van der Waals surface area contributed by atoms with Gasteiger partial charge in [-0.25, -0.2) is 18.8 Å². The summed E-state index contributed by atoms with van der Waals surface area (Å²) in [6.07, 6.45) is 4.72. The Labute approximate surface area is 168 Å². The second kappa shape index (κ2) is 8.06. The average Bonchev–Trinajstić information content (AvgIpc) is 3.29. The first-order chi connectivity index (χ1) is 14.0. The summed E-state index contributed by atoms with van der Waals surface area (Å²) in [5.74, 6) is -0.444. The van der Waals surface area contributed by atoms with Crippen molar-refractivity contribution in [3.05, 3.63) is 66.0 Å². The molecule has 1 saturated heterocycles. The molecule has 0 atom stereocenters. The van der Waals surface area contributed by atoms with Crippen LogP contribution < -0.4 is 5.43 Å². The number of carbonyl (C=O) groups excluding carboxylic acids is 1. The highest BCUT2D eigenvalue weighted by Gasteiger charge is 2.27. The molecule has 0 saturated carbocycles. The number of hydrogen-bond acceptors (Lipinski definition) is 6. The molecule has 0 aliphatic carbocycles. The number of benzene rings is 2. The van der Waals surface area contributed by atoms with Crippen molar-refractivity contribution in [1.82, 2.24) is 19.7 Å². The number of carbonyl (C=O) groups is 1. The molecule has 0 radical (unpaired) electrons. The molecule has 2 heterocycles. The fourth-order valence-electron chi connectivity index (χ4n) is 3.11. The molecule has 0 spiro atoms. The van der Waals surface area contributed by atoms with Crippen molar-refractivity contribution in [3.63, 3.8) is 0 Å². The van der Waals surface area contributed by atoms with Gasteiger partial charge in [0.15, 0.2) is 0 Å². The highest BCUT2D eigenvalue weighted by Crippen LogP contribution is 2.21. The number of fused-ring (bicyclic) bond motifs is 1. The van der Waals surface area contributed by atoms with Gasteiger partial charge >= 0.3 is 0 Å². The van der Waals surface area contributed by atoms with Crippen LogP contribution in [0.1, 0.15) is 28.9 Å². The molecule has 1 aliphatic rings. The number of aromatic nitrogens is 2. The van der Waals surface area contributed by atoms with Crippen LogP contribution in [0.2, 0.25) is 0 Å². The van der Waals surface area contributed by atoms with Crippen LogP contribution >= 0.6 is 0 Å². The maximum absolute atomic E-state index is 12.5. The Kier molecular flexibility index (Phi) is 5.32. The van der Waals surface area contributed by atoms with Gasteiger partial charge in [-0.15, -0.1) is 0 Å². The van der Waals surface area contributed by atoms with Crippen LogP contribution in [0, 0.1) is 0 Å². The first-order valence-corrected chi connectivity index (χ1v) is 10.6. The number of para-hydroxylation sites is 2. The Morgan fingerprint density at radius 2 is 1.72 bits per heavy atom. The second-order valence-corrected chi connectivity index (χ2v) is 8.56. The van der Waals surface area contributed by atoms with Gasteiger partial charge in [-0.05, 0) is 49.2 Å². The van der Waals surface area contributed by atoms with Gasteiger partial charge in [0.1, 0.15) is 5.69 Å². The van der Waals surface area contributed by atoms with E-state index in [-0.39, 0.29) is 4.90 Å². The zero-order valence-electron chi connectivity index (χ0n) is 15.5. The third-order valence-corrected chi connectivity index (χ3v) is 6.56. The highest BCUT2D eigenvalue weighted by molar-refractivity contribution is 7.89. The lowest BCUT2D eigenvalue weighted by Gasteiger charge is -2.15. The van der Waals surface area contributed by atoms with E-state index < -0.39 is 15.9 Å². The van der Waals surface area contributed by atoms with Gasteiger partial charge in [-0.1, -0.05) is 12.1 Å². The quantitative estimate of drug-likeness (QED) is 0.514. The fraction of sp³-hybridized carbons (Fsp3) is 0.200. The Bertz CT molecular complexity index is 1170. The summed E-state index contributed by atoms with van der Waals surface area (Å²) >= 11 is 0. The molecule has 0 bridgehead atoms. The predicted molar refractivity (Wildman–Crippen MR) is 109 cm³/mol. The zero-order chi connectivity index (χ0) is 20.3. The molecule has 4 rings (SSSR count). The van der Waals surface area contributed by atoms with Crippen LogP contribution in [0.5, 0.6) is 0 Å². The van der Waals surface area contributed by atoms with Crippen LogP contribution in [-0.2, 0) is 10.0 Å². The van der Waals surface area contributed by atoms with E-state index in [2.05, 4.69) is 20.5 Å². The molecule has 1 amide bonds. The van der Waals surface area contributed by atoms with E-state index in [4.69, 9.17) is 0 Å². The lowest BCUT2D eigenvalue weighted by Crippen LogP contribution is -2.28. The molecule has 3 aromatic rings. The van der Waals surface area contributed by atoms with Gasteiger partial charge in [-0.3, -0.25) is 9.78 Å². The minimum absolute atomic E-state index is 0.186. The number of hydrazone groups is 1. The summed E-state index contributed by atoms with van der Waals surface area (Å²) < 4.78 is 26.5. The van der Waals surface area contributed by atoms with Gasteiger partial charge in [0.2, 0.25) is 10.0 Å². The molecule has 2 aromatic carbocycles. The van der Waals surface area contributed by atoms with Crippen molar-refractivity contribution >= 4 is 33.2 Å². The first kappa shape index (κ1) is 19.2. The summed E-state index contributed by atoms with van der Waals surface area (Å²) in [4.78, 5) is 21.1. The SMILES string of the molecule is O=C(N/N=C\c1cnc2ccccc2n1)c1ccc(S(=O)(=O)N2CCCC2)cc1. The molecule has 29 heavy (non-hydrogen) atoms. The Balaban J connectivity index is 1.42. The van der Waals surface area contributed by atoms with Crippen molar-refractivity contribution in [2.24, 2.45) is 5.10 Å². The van der Waals surface area contributed by atoms with Gasteiger partial charge in [-0.2, -0.15) is 9.41 Å². The van der Waals surface area contributed by atoms with E-state index in [9.17, 15) is 13.2 Å². The molecular formula is C20H19N5O3S. The normalized spacial score (nSPS) is 15.2. The molecule has 1 N–H and O–H groups in total. The largest absolute Gasteiger partial charge is 0.271 e.